The van der Waals surface area contributed by atoms with Crippen molar-refractivity contribution in [2.24, 2.45) is 0 Å². The van der Waals surface area contributed by atoms with Gasteiger partial charge in [0.15, 0.2) is 0 Å². The average Bonchev–Trinajstić information content (AvgIpc) is 1.19. The van der Waals surface area contributed by atoms with Crippen molar-refractivity contribution in [3.63, 3.8) is 0 Å². The monoisotopic (exact) mass is 245 g/mol. The summed E-state index contributed by atoms with van der Waals surface area (Å²) in [5.41, 5.74) is 0. The van der Waals surface area contributed by atoms with E-state index in [9.17, 15) is 0 Å². The second kappa shape index (κ2) is 14.9. The Morgan fingerprint density at radius 2 is 1.08 bits per heavy atom. The van der Waals surface area contributed by atoms with Crippen molar-refractivity contribution < 1.29 is 34.3 Å². The summed E-state index contributed by atoms with van der Waals surface area (Å²) in [7, 11) is -4.64. The zero-order chi connectivity index (χ0) is 8.08. The Hall–Kier alpha value is 1.37. The predicted molar refractivity (Wildman–Crippen MR) is 47.0 cm³/mol. The van der Waals surface area contributed by atoms with Crippen molar-refractivity contribution in [2.75, 3.05) is 0 Å². The summed E-state index contributed by atoms with van der Waals surface area (Å²) in [5.74, 6) is 0. The van der Waals surface area contributed by atoms with Crippen molar-refractivity contribution in [3.8, 4) is 0 Å². The van der Waals surface area contributed by atoms with Gasteiger partial charge in [0.2, 0.25) is 0 Å². The van der Waals surface area contributed by atoms with Crippen molar-refractivity contribution in [3.05, 3.63) is 0 Å². The molecule has 0 saturated carbocycles. The third kappa shape index (κ3) is 655. The van der Waals surface area contributed by atoms with Gasteiger partial charge in [0.05, 0.1) is 0 Å². The molecule has 11 heteroatoms. The molecule has 0 aliphatic carbocycles. The smallest absolute Gasteiger partial charge is 0.316 e. The fourth-order valence-corrected chi connectivity index (χ4v) is 0. The van der Waals surface area contributed by atoms with Crippen LogP contribution in [0.2, 0.25) is 0 Å². The molecular formula is CH12CaMgNO7P. The van der Waals surface area contributed by atoms with Gasteiger partial charge in [-0.25, -0.2) is 9.36 Å². The van der Waals surface area contributed by atoms with Crippen LogP contribution in [0.3, 0.4) is 0 Å². The maximum absolute atomic E-state index is 8.88. The third-order valence-corrected chi connectivity index (χ3v) is 0. The molecule has 0 aromatic heterocycles. The molecule has 0 amide bonds. The molecule has 0 heterocycles. The zero-order valence-corrected chi connectivity index (χ0v) is 5.60. The van der Waals surface area contributed by atoms with E-state index in [1.54, 1.807) is 0 Å². The molecule has 0 radical (unpaired) electrons. The van der Waals surface area contributed by atoms with Gasteiger partial charge in [0.25, 0.3) is 0 Å². The van der Waals surface area contributed by atoms with Crippen LogP contribution in [0.4, 0.5) is 4.79 Å². The van der Waals surface area contributed by atoms with Gasteiger partial charge in [-0.3, -0.25) is 0 Å². The molecule has 0 aromatic rings. The maximum Gasteiger partial charge on any atom is 0.316 e. The van der Waals surface area contributed by atoms with E-state index in [0.29, 0.717) is 0 Å². The quantitative estimate of drug-likeness (QED) is 0.203. The number of carbonyl (C=O) groups is 1. The van der Waals surface area contributed by atoms with Crippen LogP contribution < -0.4 is 6.15 Å². The topological polar surface area (TPSA) is 170 Å². The molecule has 0 spiro atoms. The summed E-state index contributed by atoms with van der Waals surface area (Å²) in [6, 6.07) is 0. The number of phosphoric acid groups is 1. The molecule has 0 rings (SSSR count). The standard InChI is InChI=1S/CH2O3.Ca.Mg.H3N.H3O4P.4H/c2-1(3)4;;;;1-5(2,3)4;;;;/h(H2,2,3,4);;;1H3;(H3,1,2,3,4);;;;. The van der Waals surface area contributed by atoms with Crippen molar-refractivity contribution >= 4 is 74.8 Å². The first-order valence-corrected chi connectivity index (χ1v) is 3.00. The van der Waals surface area contributed by atoms with Crippen LogP contribution in [-0.4, -0.2) is 91.8 Å². The molecule has 0 aromatic carbocycles. The van der Waals surface area contributed by atoms with E-state index in [4.69, 9.17) is 34.3 Å². The van der Waals surface area contributed by atoms with Crippen LogP contribution in [0.1, 0.15) is 0 Å². The average molecular weight is 245 g/mol. The number of carboxylic acid groups (broad SMARTS) is 2. The molecule has 0 aliphatic heterocycles. The van der Waals surface area contributed by atoms with Gasteiger partial charge in [0.1, 0.15) is 0 Å². The minimum absolute atomic E-state index is 0. The molecule has 0 fully saturated rings. The minimum atomic E-state index is -4.64. The molecule has 0 atom stereocenters. The van der Waals surface area contributed by atoms with Gasteiger partial charge in [-0.05, 0) is 0 Å². The zero-order valence-electron chi connectivity index (χ0n) is 4.71. The van der Waals surface area contributed by atoms with Crippen LogP contribution in [0.25, 0.3) is 0 Å². The van der Waals surface area contributed by atoms with Gasteiger partial charge in [0, 0.05) is 0 Å². The van der Waals surface area contributed by atoms with E-state index < -0.39 is 14.0 Å². The van der Waals surface area contributed by atoms with E-state index in [-0.39, 0.29) is 66.9 Å². The number of hydrogen-bond acceptors (Lipinski definition) is 3. The largest absolute Gasteiger partial charge is 0.316 e. The van der Waals surface area contributed by atoms with Crippen LogP contribution in [0.15, 0.2) is 0 Å². The second-order valence-corrected chi connectivity index (χ2v) is 1.82. The van der Waals surface area contributed by atoms with Gasteiger partial charge >= 0.3 is 74.8 Å². The molecule has 0 saturated heterocycles. The Balaban J connectivity index is -0.0000000221. The summed E-state index contributed by atoms with van der Waals surface area (Å²) < 4.78 is 8.88. The molecule has 8 N–H and O–H groups in total. The van der Waals surface area contributed by atoms with Crippen LogP contribution in [-0.2, 0) is 4.57 Å². The summed E-state index contributed by atoms with van der Waals surface area (Å²) in [6.07, 6.45) is -1.83. The molecule has 72 valence electrons. The summed E-state index contributed by atoms with van der Waals surface area (Å²) >= 11 is 0. The summed E-state index contributed by atoms with van der Waals surface area (Å²) in [6.45, 7) is 0. The van der Waals surface area contributed by atoms with Crippen molar-refractivity contribution in [2.45, 2.75) is 0 Å². The summed E-state index contributed by atoms with van der Waals surface area (Å²) in [4.78, 5) is 30.1. The van der Waals surface area contributed by atoms with Crippen molar-refractivity contribution in [1.29, 1.82) is 0 Å². The minimum Gasteiger partial charge on any atom is 0.316 e. The van der Waals surface area contributed by atoms with Gasteiger partial charge in [-0.1, -0.05) is 0 Å². The van der Waals surface area contributed by atoms with Crippen LogP contribution in [0, 0.1) is 0 Å². The first kappa shape index (κ1) is 29.2. The number of hydrogen-bond donors (Lipinski definition) is 6. The maximum atomic E-state index is 8.88. The Morgan fingerprint density at radius 1 is 1.08 bits per heavy atom. The summed E-state index contributed by atoms with van der Waals surface area (Å²) in [5, 5.41) is 13.9. The normalized spacial score (nSPS) is 6.92. The molecule has 0 bridgehead atoms. The Kier molecular flexibility index (Phi) is 36.2. The molecule has 8 nitrogen and oxygen atoms in total. The second-order valence-electron chi connectivity index (χ2n) is 0.796. The van der Waals surface area contributed by atoms with Crippen LogP contribution in [0.5, 0.6) is 0 Å². The van der Waals surface area contributed by atoms with E-state index in [1.165, 1.54) is 0 Å². The van der Waals surface area contributed by atoms with E-state index in [0.717, 1.165) is 0 Å². The van der Waals surface area contributed by atoms with E-state index >= 15 is 0 Å². The first-order valence-electron chi connectivity index (χ1n) is 1.43. The SMILES string of the molecule is N.O=C(O)O.O=P(O)(O)O.[CaH2].[MgH2]. The van der Waals surface area contributed by atoms with Gasteiger partial charge < -0.3 is 31.0 Å². The molecule has 0 unspecified atom stereocenters. The molecule has 0 aliphatic rings. The molecule has 12 heavy (non-hydrogen) atoms. The fourth-order valence-electron chi connectivity index (χ4n) is 0. The predicted octanol–water partition coefficient (Wildman–Crippen LogP) is -2.38. The van der Waals surface area contributed by atoms with Gasteiger partial charge in [-0.15, -0.1) is 0 Å². The van der Waals surface area contributed by atoms with Crippen molar-refractivity contribution in [1.82, 2.24) is 6.15 Å². The number of rotatable bonds is 0. The van der Waals surface area contributed by atoms with E-state index in [1.807, 2.05) is 0 Å². The van der Waals surface area contributed by atoms with Crippen LogP contribution >= 0.6 is 7.82 Å². The molecular weight excluding hydrogens is 233 g/mol. The first-order chi connectivity index (χ1) is 3.73. The Bertz CT molecular complexity index is 123. The Morgan fingerprint density at radius 3 is 1.08 bits per heavy atom. The van der Waals surface area contributed by atoms with Gasteiger partial charge in [-0.2, -0.15) is 0 Å². The third-order valence-electron chi connectivity index (χ3n) is 0. The Labute approximate surface area is 114 Å². The van der Waals surface area contributed by atoms with E-state index in [2.05, 4.69) is 0 Å². The fraction of sp³-hybridized carbons (Fsp3) is 0.